The molecule has 4 nitrogen and oxygen atoms in total. The number of anilines is 1. The quantitative estimate of drug-likeness (QED) is 0.840. The van der Waals surface area contributed by atoms with Gasteiger partial charge in [-0.2, -0.15) is 0 Å². The molecule has 0 aromatic heterocycles. The first kappa shape index (κ1) is 12.9. The van der Waals surface area contributed by atoms with Gasteiger partial charge in [0.2, 0.25) is 0 Å². The predicted octanol–water partition coefficient (Wildman–Crippen LogP) is 2.31. The highest BCUT2D eigenvalue weighted by molar-refractivity contribution is 5.89. The lowest BCUT2D eigenvalue weighted by Gasteiger charge is -2.25. The standard InChI is InChI=1S/C14H19NO3/c1-10-9-12(5-6-13(10)14(16)17)15(7-8-18-2)11-3-4-11/h5-6,9,11H,3-4,7-8H2,1-2H3,(H,16,17). The van der Waals surface area contributed by atoms with Gasteiger partial charge >= 0.3 is 5.97 Å². The molecule has 4 heteroatoms. The maximum absolute atomic E-state index is 11.0. The first-order valence-corrected chi connectivity index (χ1v) is 6.23. The summed E-state index contributed by atoms with van der Waals surface area (Å²) in [4.78, 5) is 13.3. The van der Waals surface area contributed by atoms with Crippen LogP contribution in [-0.2, 0) is 4.74 Å². The number of carbonyl (C=O) groups is 1. The highest BCUT2D eigenvalue weighted by Crippen LogP contribution is 2.32. The average Bonchev–Trinajstić information content (AvgIpc) is 3.13. The Morgan fingerprint density at radius 2 is 2.22 bits per heavy atom. The van der Waals surface area contributed by atoms with Crippen LogP contribution in [0.4, 0.5) is 5.69 Å². The molecule has 1 N–H and O–H groups in total. The molecule has 1 aromatic rings. The molecule has 0 bridgehead atoms. The number of hydrogen-bond donors (Lipinski definition) is 1. The van der Waals surface area contributed by atoms with E-state index in [-0.39, 0.29) is 0 Å². The van der Waals surface area contributed by atoms with Gasteiger partial charge in [0.25, 0.3) is 0 Å². The Hall–Kier alpha value is -1.55. The summed E-state index contributed by atoms with van der Waals surface area (Å²) in [6.07, 6.45) is 2.42. The van der Waals surface area contributed by atoms with Gasteiger partial charge in [0.05, 0.1) is 12.2 Å². The predicted molar refractivity (Wildman–Crippen MR) is 70.4 cm³/mol. The summed E-state index contributed by atoms with van der Waals surface area (Å²) in [6.45, 7) is 3.39. The Bertz CT molecular complexity index is 441. The van der Waals surface area contributed by atoms with Crippen LogP contribution in [0.2, 0.25) is 0 Å². The van der Waals surface area contributed by atoms with Crippen LogP contribution in [0, 0.1) is 6.92 Å². The summed E-state index contributed by atoms with van der Waals surface area (Å²) >= 11 is 0. The van der Waals surface area contributed by atoms with Gasteiger partial charge in [-0.3, -0.25) is 0 Å². The topological polar surface area (TPSA) is 49.8 Å². The fourth-order valence-electron chi connectivity index (χ4n) is 2.16. The number of ether oxygens (including phenoxy) is 1. The van der Waals surface area contributed by atoms with Crippen LogP contribution >= 0.6 is 0 Å². The summed E-state index contributed by atoms with van der Waals surface area (Å²) in [5.41, 5.74) is 2.28. The third-order valence-corrected chi connectivity index (χ3v) is 3.30. The Labute approximate surface area is 107 Å². The second kappa shape index (κ2) is 5.40. The van der Waals surface area contributed by atoms with E-state index in [1.165, 1.54) is 12.8 Å². The van der Waals surface area contributed by atoms with Gasteiger partial charge in [0.1, 0.15) is 0 Å². The molecular weight excluding hydrogens is 230 g/mol. The van der Waals surface area contributed by atoms with Crippen molar-refractivity contribution in [1.82, 2.24) is 0 Å². The monoisotopic (exact) mass is 249 g/mol. The summed E-state index contributed by atoms with van der Waals surface area (Å²) in [6, 6.07) is 6.13. The number of carboxylic acid groups (broad SMARTS) is 1. The molecule has 0 unspecified atom stereocenters. The summed E-state index contributed by atoms with van der Waals surface area (Å²) < 4.78 is 5.13. The molecule has 0 aliphatic heterocycles. The van der Waals surface area contributed by atoms with Crippen molar-refractivity contribution in [3.8, 4) is 0 Å². The zero-order valence-electron chi connectivity index (χ0n) is 10.8. The third-order valence-electron chi connectivity index (χ3n) is 3.30. The molecule has 0 saturated heterocycles. The largest absolute Gasteiger partial charge is 0.478 e. The van der Waals surface area contributed by atoms with Crippen molar-refractivity contribution in [3.63, 3.8) is 0 Å². The van der Waals surface area contributed by atoms with Gasteiger partial charge in [0.15, 0.2) is 0 Å². The number of methoxy groups -OCH3 is 1. The van der Waals surface area contributed by atoms with Crippen LogP contribution in [0.1, 0.15) is 28.8 Å². The molecule has 0 radical (unpaired) electrons. The van der Waals surface area contributed by atoms with E-state index in [4.69, 9.17) is 9.84 Å². The summed E-state index contributed by atoms with van der Waals surface area (Å²) in [5.74, 6) is -0.867. The van der Waals surface area contributed by atoms with Gasteiger partial charge in [-0.05, 0) is 43.5 Å². The van der Waals surface area contributed by atoms with Crippen LogP contribution in [0.25, 0.3) is 0 Å². The zero-order valence-corrected chi connectivity index (χ0v) is 10.8. The van der Waals surface area contributed by atoms with Gasteiger partial charge in [-0.1, -0.05) is 0 Å². The highest BCUT2D eigenvalue weighted by atomic mass is 16.5. The van der Waals surface area contributed by atoms with E-state index in [1.807, 2.05) is 19.1 Å². The van der Waals surface area contributed by atoms with Crippen LogP contribution in [0.15, 0.2) is 18.2 Å². The van der Waals surface area contributed by atoms with Crippen LogP contribution < -0.4 is 4.90 Å². The van der Waals surface area contributed by atoms with Crippen molar-refractivity contribution in [2.24, 2.45) is 0 Å². The number of rotatable bonds is 6. The van der Waals surface area contributed by atoms with Gasteiger partial charge in [-0.15, -0.1) is 0 Å². The number of benzene rings is 1. The van der Waals surface area contributed by atoms with E-state index in [0.717, 1.165) is 17.8 Å². The lowest BCUT2D eigenvalue weighted by molar-refractivity contribution is 0.0696. The van der Waals surface area contributed by atoms with E-state index in [0.29, 0.717) is 18.2 Å². The van der Waals surface area contributed by atoms with Crippen molar-refractivity contribution < 1.29 is 14.6 Å². The molecule has 1 aromatic carbocycles. The van der Waals surface area contributed by atoms with Crippen LogP contribution in [-0.4, -0.2) is 37.4 Å². The first-order chi connectivity index (χ1) is 8.63. The van der Waals surface area contributed by atoms with Crippen LogP contribution in [0.5, 0.6) is 0 Å². The first-order valence-electron chi connectivity index (χ1n) is 6.23. The minimum atomic E-state index is -0.867. The molecule has 98 valence electrons. The summed E-state index contributed by atoms with van der Waals surface area (Å²) in [7, 11) is 1.70. The molecule has 1 aliphatic rings. The molecular formula is C14H19NO3. The molecule has 1 aliphatic carbocycles. The fraction of sp³-hybridized carbons (Fsp3) is 0.500. The Morgan fingerprint density at radius 1 is 1.50 bits per heavy atom. The molecule has 0 atom stereocenters. The Balaban J connectivity index is 2.19. The van der Waals surface area contributed by atoms with Gasteiger partial charge in [0, 0.05) is 25.4 Å². The second-order valence-corrected chi connectivity index (χ2v) is 4.72. The smallest absolute Gasteiger partial charge is 0.335 e. The minimum absolute atomic E-state index is 0.376. The normalized spacial score (nSPS) is 14.6. The molecule has 2 rings (SSSR count). The van der Waals surface area contributed by atoms with Crippen LogP contribution in [0.3, 0.4) is 0 Å². The van der Waals surface area contributed by atoms with Gasteiger partial charge in [-0.25, -0.2) is 4.79 Å². The van der Waals surface area contributed by atoms with Crippen molar-refractivity contribution in [2.75, 3.05) is 25.2 Å². The Morgan fingerprint density at radius 3 is 2.72 bits per heavy atom. The zero-order chi connectivity index (χ0) is 13.1. The van der Waals surface area contributed by atoms with Crippen molar-refractivity contribution in [2.45, 2.75) is 25.8 Å². The van der Waals surface area contributed by atoms with Crippen molar-refractivity contribution >= 4 is 11.7 Å². The maximum atomic E-state index is 11.0. The lowest BCUT2D eigenvalue weighted by Crippen LogP contribution is -2.29. The number of nitrogens with zero attached hydrogens (tertiary/aromatic N) is 1. The molecule has 1 saturated carbocycles. The van der Waals surface area contributed by atoms with E-state index in [2.05, 4.69) is 4.90 Å². The van der Waals surface area contributed by atoms with E-state index in [1.54, 1.807) is 13.2 Å². The van der Waals surface area contributed by atoms with Crippen molar-refractivity contribution in [1.29, 1.82) is 0 Å². The highest BCUT2D eigenvalue weighted by Gasteiger charge is 2.29. The second-order valence-electron chi connectivity index (χ2n) is 4.72. The molecule has 1 fully saturated rings. The van der Waals surface area contributed by atoms with E-state index < -0.39 is 5.97 Å². The number of hydrogen-bond acceptors (Lipinski definition) is 3. The SMILES string of the molecule is COCCN(c1ccc(C(=O)O)c(C)c1)C1CC1. The maximum Gasteiger partial charge on any atom is 0.335 e. The van der Waals surface area contributed by atoms with E-state index in [9.17, 15) is 4.79 Å². The molecule has 0 heterocycles. The van der Waals surface area contributed by atoms with E-state index >= 15 is 0 Å². The summed E-state index contributed by atoms with van der Waals surface area (Å²) in [5, 5.41) is 9.02. The Kier molecular flexibility index (Phi) is 3.87. The molecule has 0 amide bonds. The molecule has 0 spiro atoms. The number of aromatic carboxylic acids is 1. The number of carboxylic acids is 1. The van der Waals surface area contributed by atoms with Gasteiger partial charge < -0.3 is 14.7 Å². The molecule has 18 heavy (non-hydrogen) atoms. The third kappa shape index (κ3) is 2.82. The number of aryl methyl sites for hydroxylation is 1. The lowest BCUT2D eigenvalue weighted by atomic mass is 10.1. The average molecular weight is 249 g/mol. The van der Waals surface area contributed by atoms with Crippen molar-refractivity contribution in [3.05, 3.63) is 29.3 Å². The minimum Gasteiger partial charge on any atom is -0.478 e. The fourth-order valence-corrected chi connectivity index (χ4v) is 2.16.